The summed E-state index contributed by atoms with van der Waals surface area (Å²) < 4.78 is 0. The molecule has 2 aromatic rings. The Hall–Kier alpha value is -3.50. The van der Waals surface area contributed by atoms with Crippen molar-refractivity contribution in [3.63, 3.8) is 0 Å². The molecule has 0 aliphatic heterocycles. The van der Waals surface area contributed by atoms with Gasteiger partial charge in [0, 0.05) is 18.3 Å². The lowest BCUT2D eigenvalue weighted by Gasteiger charge is -2.33. The number of rotatable bonds is 12. The number of unbranched alkanes of at least 4 members (excludes halogenated alkanes) is 2. The third-order valence-corrected chi connectivity index (χ3v) is 6.24. The Morgan fingerprint density at radius 1 is 0.788 bits per heavy atom. The maximum atomic E-state index is 12.2. The first-order valence-electron chi connectivity index (χ1n) is 11.3. The number of aliphatic carboxylic acids is 2. The Balaban J connectivity index is 2.58. The smallest absolute Gasteiger partial charge is 0.310 e. The van der Waals surface area contributed by atoms with Crippen molar-refractivity contribution in [3.8, 4) is 24.7 Å². The Labute approximate surface area is 197 Å². The van der Waals surface area contributed by atoms with E-state index in [1.807, 2.05) is 62.4 Å². The summed E-state index contributed by atoms with van der Waals surface area (Å²) in [4.78, 5) is 24.4. The lowest BCUT2D eigenvalue weighted by molar-refractivity contribution is -0.140. The molecule has 0 aliphatic rings. The van der Waals surface area contributed by atoms with Crippen LogP contribution in [-0.4, -0.2) is 22.2 Å². The molecule has 2 rings (SSSR count). The first kappa shape index (κ1) is 25.8. The van der Waals surface area contributed by atoms with Crippen molar-refractivity contribution in [2.45, 2.75) is 69.6 Å². The molecule has 33 heavy (non-hydrogen) atoms. The van der Waals surface area contributed by atoms with E-state index in [2.05, 4.69) is 11.8 Å². The van der Waals surface area contributed by atoms with Gasteiger partial charge in [-0.25, -0.2) is 0 Å². The summed E-state index contributed by atoms with van der Waals surface area (Å²) in [6.07, 6.45) is 13.9. The lowest BCUT2D eigenvalue weighted by Crippen LogP contribution is -2.27. The number of terminal acetylenes is 2. The topological polar surface area (TPSA) is 74.6 Å². The molecule has 2 N–H and O–H groups in total. The second-order valence-corrected chi connectivity index (χ2v) is 8.77. The van der Waals surface area contributed by atoms with E-state index in [0.717, 1.165) is 22.3 Å². The molecule has 4 heteroatoms. The minimum absolute atomic E-state index is 0.443. The SMILES string of the molecule is C#CCCCC(C(=O)O)c1ccccc1C(C)(C)c1ccccc1C(CCCC#C)C(=O)O. The molecule has 0 aliphatic carbocycles. The highest BCUT2D eigenvalue weighted by atomic mass is 16.4. The van der Waals surface area contributed by atoms with Crippen LogP contribution >= 0.6 is 0 Å². The highest BCUT2D eigenvalue weighted by Gasteiger charge is 2.34. The Bertz CT molecular complexity index is 968. The first-order valence-corrected chi connectivity index (χ1v) is 11.3. The van der Waals surface area contributed by atoms with Crippen molar-refractivity contribution in [3.05, 3.63) is 70.8 Å². The molecule has 0 saturated carbocycles. The van der Waals surface area contributed by atoms with E-state index in [0.29, 0.717) is 38.5 Å². The molecule has 0 saturated heterocycles. The molecule has 2 aromatic carbocycles. The molecular weight excluding hydrogens is 412 g/mol. The Morgan fingerprint density at radius 3 is 1.48 bits per heavy atom. The summed E-state index contributed by atoms with van der Waals surface area (Å²) in [5, 5.41) is 20.0. The van der Waals surface area contributed by atoms with Crippen LogP contribution in [0.1, 0.15) is 86.5 Å². The molecule has 4 nitrogen and oxygen atoms in total. The molecule has 2 unspecified atom stereocenters. The summed E-state index contributed by atoms with van der Waals surface area (Å²) in [7, 11) is 0. The van der Waals surface area contributed by atoms with Crippen molar-refractivity contribution in [2.75, 3.05) is 0 Å². The van der Waals surface area contributed by atoms with E-state index in [4.69, 9.17) is 12.8 Å². The largest absolute Gasteiger partial charge is 0.481 e. The van der Waals surface area contributed by atoms with Crippen LogP contribution in [0.2, 0.25) is 0 Å². The average Bonchev–Trinajstić information content (AvgIpc) is 2.79. The van der Waals surface area contributed by atoms with E-state index < -0.39 is 29.2 Å². The molecule has 0 aromatic heterocycles. The van der Waals surface area contributed by atoms with Crippen LogP contribution in [0, 0.1) is 24.7 Å². The molecule has 0 radical (unpaired) electrons. The van der Waals surface area contributed by atoms with Crippen LogP contribution in [0.4, 0.5) is 0 Å². The van der Waals surface area contributed by atoms with Crippen molar-refractivity contribution in [1.82, 2.24) is 0 Å². The van der Waals surface area contributed by atoms with Gasteiger partial charge in [0.05, 0.1) is 11.8 Å². The normalized spacial score (nSPS) is 12.8. The Morgan fingerprint density at radius 2 is 1.15 bits per heavy atom. The fourth-order valence-electron chi connectivity index (χ4n) is 4.53. The number of carboxylic acid groups (broad SMARTS) is 2. The molecule has 172 valence electrons. The van der Waals surface area contributed by atoms with Crippen LogP contribution in [0.25, 0.3) is 0 Å². The van der Waals surface area contributed by atoms with Gasteiger partial charge in [-0.2, -0.15) is 0 Å². The van der Waals surface area contributed by atoms with Gasteiger partial charge in [-0.15, -0.1) is 24.7 Å². The quantitative estimate of drug-likeness (QED) is 0.313. The van der Waals surface area contributed by atoms with Gasteiger partial charge in [0.2, 0.25) is 0 Å². The standard InChI is InChI=1S/C29H32O4/c1-5-7-9-17-23(27(30)31)21-15-11-13-19-25(21)29(3,4)26-20-14-12-16-22(26)24(28(32)33)18-10-8-6-2/h1-2,11-16,19-20,23-24H,7-10,17-18H2,3-4H3,(H,30,31)(H,32,33). The highest BCUT2D eigenvalue weighted by Crippen LogP contribution is 2.41. The number of carboxylic acids is 2. The van der Waals surface area contributed by atoms with Crippen LogP contribution in [0.5, 0.6) is 0 Å². The number of benzene rings is 2. The summed E-state index contributed by atoms with van der Waals surface area (Å²) in [6, 6.07) is 15.1. The van der Waals surface area contributed by atoms with Crippen molar-refractivity contribution in [1.29, 1.82) is 0 Å². The van der Waals surface area contributed by atoms with E-state index in [-0.39, 0.29) is 0 Å². The van der Waals surface area contributed by atoms with E-state index in [1.165, 1.54) is 0 Å². The monoisotopic (exact) mass is 444 g/mol. The van der Waals surface area contributed by atoms with Gasteiger partial charge in [0.1, 0.15) is 0 Å². The molecule has 2 atom stereocenters. The fourth-order valence-corrected chi connectivity index (χ4v) is 4.53. The van der Waals surface area contributed by atoms with Gasteiger partial charge in [-0.05, 0) is 47.9 Å². The van der Waals surface area contributed by atoms with Gasteiger partial charge in [-0.3, -0.25) is 9.59 Å². The van der Waals surface area contributed by atoms with Gasteiger partial charge in [0.15, 0.2) is 0 Å². The Kier molecular flexibility index (Phi) is 9.31. The maximum Gasteiger partial charge on any atom is 0.310 e. The summed E-state index contributed by atoms with van der Waals surface area (Å²) in [6.45, 7) is 4.04. The zero-order chi connectivity index (χ0) is 24.4. The van der Waals surface area contributed by atoms with Crippen LogP contribution in [0.15, 0.2) is 48.5 Å². The van der Waals surface area contributed by atoms with Gasteiger partial charge < -0.3 is 10.2 Å². The summed E-state index contributed by atoms with van der Waals surface area (Å²) in [5.41, 5.74) is 2.60. The van der Waals surface area contributed by atoms with Gasteiger partial charge in [-0.1, -0.05) is 62.4 Å². The molecule has 0 spiro atoms. The lowest BCUT2D eigenvalue weighted by atomic mass is 9.70. The minimum atomic E-state index is -0.888. The second kappa shape index (κ2) is 11.9. The molecular formula is C29H32O4. The number of hydrogen-bond donors (Lipinski definition) is 2. The van der Waals surface area contributed by atoms with Crippen molar-refractivity contribution >= 4 is 11.9 Å². The predicted molar refractivity (Wildman–Crippen MR) is 131 cm³/mol. The van der Waals surface area contributed by atoms with Crippen molar-refractivity contribution < 1.29 is 19.8 Å². The first-order chi connectivity index (χ1) is 15.8. The highest BCUT2D eigenvalue weighted by molar-refractivity contribution is 5.78. The number of hydrogen-bond acceptors (Lipinski definition) is 2. The molecule has 0 fully saturated rings. The minimum Gasteiger partial charge on any atom is -0.481 e. The molecule has 0 bridgehead atoms. The zero-order valence-electron chi connectivity index (χ0n) is 19.4. The summed E-state index contributed by atoms with van der Waals surface area (Å²) >= 11 is 0. The second-order valence-electron chi connectivity index (χ2n) is 8.77. The van der Waals surface area contributed by atoms with Gasteiger partial charge >= 0.3 is 11.9 Å². The van der Waals surface area contributed by atoms with E-state index in [1.54, 1.807) is 0 Å². The van der Waals surface area contributed by atoms with Crippen LogP contribution in [0.3, 0.4) is 0 Å². The van der Waals surface area contributed by atoms with Gasteiger partial charge in [0.25, 0.3) is 0 Å². The van der Waals surface area contributed by atoms with E-state index in [9.17, 15) is 19.8 Å². The third kappa shape index (κ3) is 6.27. The third-order valence-electron chi connectivity index (χ3n) is 6.24. The van der Waals surface area contributed by atoms with Crippen LogP contribution < -0.4 is 0 Å². The molecule has 0 heterocycles. The van der Waals surface area contributed by atoms with Crippen LogP contribution in [-0.2, 0) is 15.0 Å². The predicted octanol–water partition coefficient (Wildman–Crippen LogP) is 5.96. The fraction of sp³-hybridized carbons (Fsp3) is 0.379. The number of carbonyl (C=O) groups is 2. The maximum absolute atomic E-state index is 12.2. The summed E-state index contributed by atoms with van der Waals surface area (Å²) in [5.74, 6) is 2.00. The van der Waals surface area contributed by atoms with Crippen molar-refractivity contribution in [2.24, 2.45) is 0 Å². The molecule has 0 amide bonds. The van der Waals surface area contributed by atoms with E-state index >= 15 is 0 Å². The zero-order valence-corrected chi connectivity index (χ0v) is 19.4. The average molecular weight is 445 g/mol.